The van der Waals surface area contributed by atoms with Crippen molar-refractivity contribution in [3.05, 3.63) is 48.0 Å². The van der Waals surface area contributed by atoms with Gasteiger partial charge in [0.1, 0.15) is 17.5 Å². The smallest absolute Gasteiger partial charge is 0.246 e. The fraction of sp³-hybridized carbons (Fsp3) is 0.480. The van der Waals surface area contributed by atoms with Gasteiger partial charge in [-0.25, -0.2) is 0 Å². The maximum atomic E-state index is 12.7. The molecule has 0 bridgehead atoms. The lowest BCUT2D eigenvalue weighted by Gasteiger charge is -2.26. The summed E-state index contributed by atoms with van der Waals surface area (Å²) in [6.07, 6.45) is 5.19. The first kappa shape index (κ1) is 22.9. The lowest BCUT2D eigenvalue weighted by atomic mass is 9.89. The first-order valence-electron chi connectivity index (χ1n) is 11.0. The number of benzene rings is 2. The zero-order valence-corrected chi connectivity index (χ0v) is 18.9. The Kier molecular flexibility index (Phi) is 8.18. The van der Waals surface area contributed by atoms with Crippen molar-refractivity contribution < 1.29 is 19.0 Å². The molecule has 1 aliphatic carbocycles. The van der Waals surface area contributed by atoms with Crippen LogP contribution in [0.3, 0.4) is 0 Å². The van der Waals surface area contributed by atoms with Crippen LogP contribution in [0.15, 0.2) is 42.5 Å². The molecule has 3 unspecified atom stereocenters. The van der Waals surface area contributed by atoms with Gasteiger partial charge in [-0.1, -0.05) is 31.9 Å². The number of carbonyl (C=O) groups excluding carboxylic acids is 1. The Bertz CT molecular complexity index is 870. The van der Waals surface area contributed by atoms with E-state index in [0.29, 0.717) is 29.9 Å². The summed E-state index contributed by atoms with van der Waals surface area (Å²) >= 11 is 0. The third kappa shape index (κ3) is 6.62. The summed E-state index contributed by atoms with van der Waals surface area (Å²) in [7, 11) is 3.16. The first-order valence-corrected chi connectivity index (χ1v) is 11.0. The summed E-state index contributed by atoms with van der Waals surface area (Å²) in [6, 6.07) is 12.9. The van der Waals surface area contributed by atoms with E-state index in [1.165, 1.54) is 12.8 Å². The fourth-order valence-electron chi connectivity index (χ4n) is 3.96. The molecule has 0 radical (unpaired) electrons. The van der Waals surface area contributed by atoms with Gasteiger partial charge >= 0.3 is 0 Å². The van der Waals surface area contributed by atoms with Crippen LogP contribution in [-0.4, -0.2) is 32.3 Å². The van der Waals surface area contributed by atoms with Crippen molar-refractivity contribution in [3.63, 3.8) is 0 Å². The quantitative estimate of drug-likeness (QED) is 0.574. The predicted molar refractivity (Wildman–Crippen MR) is 124 cm³/mol. The van der Waals surface area contributed by atoms with Crippen LogP contribution in [0.1, 0.15) is 45.1 Å². The topological polar surface area (TPSA) is 68.8 Å². The number of nitrogens with one attached hydrogen (secondary N) is 2. The molecule has 2 aromatic carbocycles. The van der Waals surface area contributed by atoms with Gasteiger partial charge in [0.2, 0.25) is 5.91 Å². The standard InChI is InChI=1S/C25H34N2O4/c1-17-7-5-10-22(13-17)31-16-19-8-6-9-20(14-19)26-18(2)25(28)27-23-15-21(29-3)11-12-24(23)30-4/h6,8-9,11-12,14-15,17-18,22,26H,5,7,10,13,16H2,1-4H3,(H,27,28). The van der Waals surface area contributed by atoms with Crippen molar-refractivity contribution in [2.24, 2.45) is 5.92 Å². The van der Waals surface area contributed by atoms with E-state index in [9.17, 15) is 4.79 Å². The van der Waals surface area contributed by atoms with Crippen LogP contribution in [0.5, 0.6) is 11.5 Å². The minimum absolute atomic E-state index is 0.163. The first-order chi connectivity index (χ1) is 15.0. The molecule has 168 valence electrons. The normalized spacial score (nSPS) is 19.4. The Balaban J connectivity index is 1.57. The molecule has 0 heterocycles. The molecular weight excluding hydrogens is 392 g/mol. The van der Waals surface area contributed by atoms with E-state index in [1.807, 2.05) is 25.1 Å². The lowest BCUT2D eigenvalue weighted by molar-refractivity contribution is -0.116. The van der Waals surface area contributed by atoms with Crippen molar-refractivity contribution in [3.8, 4) is 11.5 Å². The molecule has 1 saturated carbocycles. The monoisotopic (exact) mass is 426 g/mol. The average Bonchev–Trinajstić information content (AvgIpc) is 2.78. The Morgan fingerprint density at radius 1 is 1.13 bits per heavy atom. The molecule has 1 aliphatic rings. The largest absolute Gasteiger partial charge is 0.497 e. The Morgan fingerprint density at radius 3 is 2.71 bits per heavy atom. The Hall–Kier alpha value is -2.73. The highest BCUT2D eigenvalue weighted by molar-refractivity contribution is 5.97. The van der Waals surface area contributed by atoms with Crippen molar-refractivity contribution in [1.82, 2.24) is 0 Å². The summed E-state index contributed by atoms with van der Waals surface area (Å²) in [4.78, 5) is 12.7. The maximum absolute atomic E-state index is 12.7. The van der Waals surface area contributed by atoms with E-state index in [1.54, 1.807) is 32.4 Å². The second-order valence-electron chi connectivity index (χ2n) is 8.33. The second kappa shape index (κ2) is 11.0. The summed E-state index contributed by atoms with van der Waals surface area (Å²) < 4.78 is 16.7. The molecule has 0 aliphatic heterocycles. The van der Waals surface area contributed by atoms with Crippen molar-refractivity contribution in [1.29, 1.82) is 0 Å². The molecule has 31 heavy (non-hydrogen) atoms. The number of methoxy groups -OCH3 is 2. The van der Waals surface area contributed by atoms with Gasteiger partial charge in [0, 0.05) is 11.8 Å². The SMILES string of the molecule is COc1ccc(OC)c(NC(=O)C(C)Nc2cccc(COC3CCCC(C)C3)c2)c1. The van der Waals surface area contributed by atoms with E-state index < -0.39 is 6.04 Å². The average molecular weight is 427 g/mol. The fourth-order valence-corrected chi connectivity index (χ4v) is 3.96. The molecule has 3 atom stereocenters. The summed E-state index contributed by atoms with van der Waals surface area (Å²) in [5.74, 6) is 1.81. The molecule has 6 nitrogen and oxygen atoms in total. The van der Waals surface area contributed by atoms with Crippen LogP contribution in [-0.2, 0) is 16.1 Å². The predicted octanol–water partition coefficient (Wildman–Crippen LogP) is 5.24. The summed E-state index contributed by atoms with van der Waals surface area (Å²) in [5, 5.41) is 6.19. The number of carbonyl (C=O) groups is 1. The van der Waals surface area contributed by atoms with Crippen molar-refractivity contribution in [2.45, 2.75) is 58.3 Å². The molecule has 1 fully saturated rings. The molecule has 1 amide bonds. The number of ether oxygens (including phenoxy) is 3. The molecule has 0 saturated heterocycles. The zero-order valence-electron chi connectivity index (χ0n) is 18.9. The van der Waals surface area contributed by atoms with Gasteiger partial charge in [-0.15, -0.1) is 0 Å². The van der Waals surface area contributed by atoms with Crippen LogP contribution in [0, 0.1) is 5.92 Å². The van der Waals surface area contributed by atoms with Gasteiger partial charge in [-0.05, 0) is 55.5 Å². The number of hydrogen-bond donors (Lipinski definition) is 2. The van der Waals surface area contributed by atoms with Gasteiger partial charge in [-0.3, -0.25) is 4.79 Å². The molecule has 2 aromatic rings. The van der Waals surface area contributed by atoms with Crippen LogP contribution in [0.2, 0.25) is 0 Å². The molecular formula is C25H34N2O4. The van der Waals surface area contributed by atoms with Gasteiger partial charge in [-0.2, -0.15) is 0 Å². The Morgan fingerprint density at radius 2 is 1.97 bits per heavy atom. The summed E-state index contributed by atoms with van der Waals surface area (Å²) in [6.45, 7) is 4.72. The van der Waals surface area contributed by atoms with Crippen LogP contribution in [0.25, 0.3) is 0 Å². The number of anilines is 2. The van der Waals surface area contributed by atoms with Gasteiger partial charge < -0.3 is 24.8 Å². The molecule has 2 N–H and O–H groups in total. The molecule has 0 aromatic heterocycles. The third-order valence-corrected chi connectivity index (χ3v) is 5.74. The molecule has 6 heteroatoms. The van der Waals surface area contributed by atoms with Gasteiger partial charge in [0.15, 0.2) is 0 Å². The maximum Gasteiger partial charge on any atom is 0.246 e. The highest BCUT2D eigenvalue weighted by Gasteiger charge is 2.19. The zero-order chi connectivity index (χ0) is 22.2. The van der Waals surface area contributed by atoms with Gasteiger partial charge in [0.05, 0.1) is 32.6 Å². The highest BCUT2D eigenvalue weighted by Crippen LogP contribution is 2.29. The van der Waals surface area contributed by atoms with E-state index in [0.717, 1.165) is 30.0 Å². The number of amides is 1. The lowest BCUT2D eigenvalue weighted by Crippen LogP contribution is -2.32. The van der Waals surface area contributed by atoms with Crippen LogP contribution < -0.4 is 20.1 Å². The third-order valence-electron chi connectivity index (χ3n) is 5.74. The Labute approximate surface area is 185 Å². The van der Waals surface area contributed by atoms with Crippen LogP contribution >= 0.6 is 0 Å². The van der Waals surface area contributed by atoms with Crippen molar-refractivity contribution in [2.75, 3.05) is 24.9 Å². The number of rotatable bonds is 9. The van der Waals surface area contributed by atoms with E-state index in [2.05, 4.69) is 23.6 Å². The molecule has 0 spiro atoms. The number of hydrogen-bond acceptors (Lipinski definition) is 5. The molecule has 3 rings (SSSR count). The second-order valence-corrected chi connectivity index (χ2v) is 8.33. The van der Waals surface area contributed by atoms with E-state index in [-0.39, 0.29) is 5.91 Å². The minimum atomic E-state index is -0.439. The summed E-state index contributed by atoms with van der Waals surface area (Å²) in [5.41, 5.74) is 2.56. The highest BCUT2D eigenvalue weighted by atomic mass is 16.5. The van der Waals surface area contributed by atoms with Gasteiger partial charge in [0.25, 0.3) is 0 Å². The van der Waals surface area contributed by atoms with Crippen molar-refractivity contribution >= 4 is 17.3 Å². The van der Waals surface area contributed by atoms with E-state index in [4.69, 9.17) is 14.2 Å². The van der Waals surface area contributed by atoms with Crippen LogP contribution in [0.4, 0.5) is 11.4 Å². The van der Waals surface area contributed by atoms with E-state index >= 15 is 0 Å². The minimum Gasteiger partial charge on any atom is -0.497 e.